The van der Waals surface area contributed by atoms with Crippen LogP contribution >= 0.6 is 0 Å². The van der Waals surface area contributed by atoms with Crippen LogP contribution in [0.25, 0.3) is 5.78 Å². The highest BCUT2D eigenvalue weighted by Crippen LogP contribution is 2.35. The molecule has 206 valence electrons. The fraction of sp³-hybridized carbons (Fsp3) is 0.259. The zero-order chi connectivity index (χ0) is 28.6. The summed E-state index contributed by atoms with van der Waals surface area (Å²) in [7, 11) is 0. The molecule has 0 aliphatic heterocycles. The quantitative estimate of drug-likeness (QED) is 0.319. The second kappa shape index (κ2) is 10.8. The van der Waals surface area contributed by atoms with Gasteiger partial charge in [-0.05, 0) is 61.1 Å². The second-order valence-corrected chi connectivity index (χ2v) is 9.25. The third-order valence-corrected chi connectivity index (χ3v) is 6.76. The number of ether oxygens (including phenoxy) is 1. The fourth-order valence-corrected chi connectivity index (χ4v) is 4.85. The average Bonchev–Trinajstić information content (AvgIpc) is 3.55. The van der Waals surface area contributed by atoms with Gasteiger partial charge in [0.15, 0.2) is 17.3 Å². The van der Waals surface area contributed by atoms with Gasteiger partial charge in [-0.25, -0.2) is 9.37 Å². The van der Waals surface area contributed by atoms with Gasteiger partial charge < -0.3 is 15.4 Å². The summed E-state index contributed by atoms with van der Waals surface area (Å²) in [4.78, 5) is 46.3. The minimum absolute atomic E-state index is 0.0148. The van der Waals surface area contributed by atoms with Crippen molar-refractivity contribution >= 4 is 23.4 Å². The number of carbonyl (C=O) groups is 3. The number of alkyl halides is 2. The number of hydrogen-bond donors (Lipinski definition) is 2. The topological polar surface area (TPSA) is 128 Å². The van der Waals surface area contributed by atoms with Crippen LogP contribution in [0.1, 0.15) is 73.0 Å². The van der Waals surface area contributed by atoms with Gasteiger partial charge in [0.1, 0.15) is 17.7 Å². The van der Waals surface area contributed by atoms with Gasteiger partial charge in [0.2, 0.25) is 0 Å². The van der Waals surface area contributed by atoms with E-state index in [1.54, 1.807) is 6.07 Å². The monoisotopic (exact) mass is 552 g/mol. The van der Waals surface area contributed by atoms with Crippen molar-refractivity contribution in [1.29, 1.82) is 0 Å². The third kappa shape index (κ3) is 5.22. The van der Waals surface area contributed by atoms with E-state index in [-0.39, 0.29) is 35.5 Å². The normalized spacial score (nSPS) is 14.3. The number of aromatic nitrogens is 4. The summed E-state index contributed by atoms with van der Waals surface area (Å²) in [5, 5.41) is 9.58. The molecular formula is C27H23F3N6O4. The Kier molecular flexibility index (Phi) is 7.20. The van der Waals surface area contributed by atoms with Crippen molar-refractivity contribution < 1.29 is 32.3 Å². The molecule has 1 aliphatic carbocycles. The number of carbonyl (C=O) groups excluding carboxylic acids is 3. The zero-order valence-electron chi connectivity index (χ0n) is 21.4. The van der Waals surface area contributed by atoms with Crippen LogP contribution in [0.2, 0.25) is 0 Å². The summed E-state index contributed by atoms with van der Waals surface area (Å²) in [6.07, 6.45) is 2.53. The molecule has 2 aromatic carbocycles. The van der Waals surface area contributed by atoms with Crippen molar-refractivity contribution in [2.24, 2.45) is 0 Å². The lowest BCUT2D eigenvalue weighted by Crippen LogP contribution is -2.30. The molecule has 0 saturated heterocycles. The van der Waals surface area contributed by atoms with Gasteiger partial charge in [-0.3, -0.25) is 14.4 Å². The van der Waals surface area contributed by atoms with Gasteiger partial charge >= 0.3 is 6.61 Å². The Morgan fingerprint density at radius 3 is 2.70 bits per heavy atom. The molecule has 0 unspecified atom stereocenters. The molecule has 1 aliphatic rings. The van der Waals surface area contributed by atoms with Crippen LogP contribution in [0.5, 0.6) is 5.75 Å². The first-order chi connectivity index (χ1) is 19.1. The van der Waals surface area contributed by atoms with Crippen molar-refractivity contribution in [2.45, 2.75) is 45.9 Å². The molecule has 0 saturated carbocycles. The number of fused-ring (bicyclic) bond motifs is 2. The summed E-state index contributed by atoms with van der Waals surface area (Å²) >= 11 is 0. The summed E-state index contributed by atoms with van der Waals surface area (Å²) in [5.74, 6) is -2.82. The predicted molar refractivity (Wildman–Crippen MR) is 135 cm³/mol. The van der Waals surface area contributed by atoms with E-state index in [2.05, 4.69) is 30.4 Å². The molecule has 0 spiro atoms. The highest BCUT2D eigenvalue weighted by Gasteiger charge is 2.28. The molecule has 2 N–H and O–H groups in total. The molecule has 2 amide bonds. The Morgan fingerprint density at radius 1 is 1.15 bits per heavy atom. The molecule has 1 atom stereocenters. The number of rotatable bonds is 8. The number of amides is 2. The summed E-state index contributed by atoms with van der Waals surface area (Å²) in [6, 6.07) is 7.87. The minimum atomic E-state index is -3.21. The van der Waals surface area contributed by atoms with Crippen LogP contribution < -0.4 is 15.4 Å². The van der Waals surface area contributed by atoms with Crippen molar-refractivity contribution in [3.05, 3.63) is 87.7 Å². The van der Waals surface area contributed by atoms with Gasteiger partial charge in [-0.2, -0.15) is 23.4 Å². The molecule has 0 bridgehead atoms. The van der Waals surface area contributed by atoms with Gasteiger partial charge in [-0.15, -0.1) is 0 Å². The zero-order valence-corrected chi connectivity index (χ0v) is 21.4. The molecule has 2 heterocycles. The van der Waals surface area contributed by atoms with E-state index in [1.165, 1.54) is 29.9 Å². The standard InChI is InChI=1S/C27H23F3N6O4/c1-13-16(14(2)37)4-5-18-17(13)6-8-20(18)34-25(39)22-10-21(35-27-32-12-33-36(22)27)24(38)31-11-15-3-7-19(28)23(9-15)40-26(29)30/h3-5,7,9-10,12,20,26H,6,8,11H2,1-2H3,(H,31,38)(H,34,39)/t20-/m0/s1. The van der Waals surface area contributed by atoms with E-state index < -0.39 is 30.0 Å². The number of hydrogen-bond acceptors (Lipinski definition) is 7. The van der Waals surface area contributed by atoms with E-state index in [4.69, 9.17) is 0 Å². The van der Waals surface area contributed by atoms with Gasteiger partial charge in [0.05, 0.1) is 6.04 Å². The first kappa shape index (κ1) is 26.8. The maximum absolute atomic E-state index is 13.7. The molecule has 5 rings (SSSR count). The van der Waals surface area contributed by atoms with Crippen LogP contribution in [0, 0.1) is 12.7 Å². The number of Topliss-reactive ketones (excluding diaryl/α,β-unsaturated/α-hetero) is 1. The summed E-state index contributed by atoms with van der Waals surface area (Å²) in [5.41, 5.74) is 3.69. The van der Waals surface area contributed by atoms with E-state index in [0.717, 1.165) is 28.8 Å². The largest absolute Gasteiger partial charge is 0.432 e. The van der Waals surface area contributed by atoms with Crippen LogP contribution in [0.4, 0.5) is 13.2 Å². The lowest BCUT2D eigenvalue weighted by Gasteiger charge is -2.16. The molecule has 4 aromatic rings. The maximum atomic E-state index is 13.7. The molecule has 0 fully saturated rings. The number of nitrogens with one attached hydrogen (secondary N) is 2. The van der Waals surface area contributed by atoms with Crippen LogP contribution in [-0.4, -0.2) is 43.8 Å². The Hall–Kier alpha value is -4.81. The Bertz CT molecular complexity index is 1660. The van der Waals surface area contributed by atoms with Crippen molar-refractivity contribution in [3.8, 4) is 5.75 Å². The first-order valence-electron chi connectivity index (χ1n) is 12.3. The number of ketones is 1. The van der Waals surface area contributed by atoms with Crippen LogP contribution in [-0.2, 0) is 13.0 Å². The first-order valence-corrected chi connectivity index (χ1v) is 12.3. The summed E-state index contributed by atoms with van der Waals surface area (Å²) in [6.45, 7) is 0.0517. The van der Waals surface area contributed by atoms with Crippen molar-refractivity contribution in [1.82, 2.24) is 30.2 Å². The predicted octanol–water partition coefficient (Wildman–Crippen LogP) is 3.72. The average molecular weight is 553 g/mol. The third-order valence-electron chi connectivity index (χ3n) is 6.76. The van der Waals surface area contributed by atoms with Gasteiger partial charge in [0, 0.05) is 18.2 Å². The van der Waals surface area contributed by atoms with E-state index in [9.17, 15) is 27.6 Å². The highest BCUT2D eigenvalue weighted by molar-refractivity contribution is 5.98. The lowest BCUT2D eigenvalue weighted by atomic mass is 9.96. The fourth-order valence-electron chi connectivity index (χ4n) is 4.85. The molecule has 13 heteroatoms. The highest BCUT2D eigenvalue weighted by atomic mass is 19.3. The smallest absolute Gasteiger partial charge is 0.387 e. The summed E-state index contributed by atoms with van der Waals surface area (Å²) < 4.78 is 44.1. The van der Waals surface area contributed by atoms with Crippen molar-refractivity contribution in [2.75, 3.05) is 0 Å². The molecule has 2 aromatic heterocycles. The molecule has 0 radical (unpaired) electrons. The van der Waals surface area contributed by atoms with Crippen molar-refractivity contribution in [3.63, 3.8) is 0 Å². The number of halogens is 3. The van der Waals surface area contributed by atoms with E-state index in [0.29, 0.717) is 24.0 Å². The molecule has 10 nitrogen and oxygen atoms in total. The molecular weight excluding hydrogens is 529 g/mol. The Balaban J connectivity index is 1.35. The lowest BCUT2D eigenvalue weighted by molar-refractivity contribution is -0.0522. The number of nitrogens with zero attached hydrogens (tertiary/aromatic N) is 4. The minimum Gasteiger partial charge on any atom is -0.432 e. The SMILES string of the molecule is CC(=O)c1ccc2c(c1C)CC[C@@H]2NC(=O)c1cc(C(=O)NCc2ccc(F)c(OC(F)F)c2)nc2ncnn12. The van der Waals surface area contributed by atoms with Gasteiger partial charge in [0.25, 0.3) is 17.6 Å². The number of benzene rings is 2. The maximum Gasteiger partial charge on any atom is 0.387 e. The van der Waals surface area contributed by atoms with E-state index >= 15 is 0 Å². The van der Waals surface area contributed by atoms with Gasteiger partial charge in [-0.1, -0.05) is 18.2 Å². The van der Waals surface area contributed by atoms with Crippen LogP contribution in [0.15, 0.2) is 42.7 Å². The second-order valence-electron chi connectivity index (χ2n) is 9.25. The Morgan fingerprint density at radius 2 is 1.95 bits per heavy atom. The molecule has 40 heavy (non-hydrogen) atoms. The Labute approximate surface area is 225 Å². The van der Waals surface area contributed by atoms with E-state index in [1.807, 2.05) is 13.0 Å². The van der Waals surface area contributed by atoms with Crippen LogP contribution in [0.3, 0.4) is 0 Å².